The van der Waals surface area contributed by atoms with E-state index in [0.29, 0.717) is 0 Å². The zero-order chi connectivity index (χ0) is 15.1. The van der Waals surface area contributed by atoms with Gasteiger partial charge in [-0.2, -0.15) is 0 Å². The molecule has 1 amide bonds. The molecular formula is C15H18BrNO3. The summed E-state index contributed by atoms with van der Waals surface area (Å²) in [6.07, 6.45) is 3.64. The Balaban J connectivity index is 3.01. The maximum absolute atomic E-state index is 11.9. The number of rotatable bonds is 5. The third-order valence-corrected chi connectivity index (χ3v) is 3.36. The molecule has 0 unspecified atom stereocenters. The highest BCUT2D eigenvalue weighted by Gasteiger charge is 2.15. The highest BCUT2D eigenvalue weighted by atomic mass is 79.9. The van der Waals surface area contributed by atoms with Gasteiger partial charge in [0.1, 0.15) is 0 Å². The van der Waals surface area contributed by atoms with E-state index in [1.165, 1.54) is 21.3 Å². The number of carbonyl (C=O) groups excluding carboxylic acids is 1. The van der Waals surface area contributed by atoms with Crippen molar-refractivity contribution in [2.75, 3.05) is 21.3 Å². The lowest BCUT2D eigenvalue weighted by Crippen LogP contribution is -2.27. The summed E-state index contributed by atoms with van der Waals surface area (Å²) in [4.78, 5) is 16.8. The summed E-state index contributed by atoms with van der Waals surface area (Å²) in [6, 6.07) is 7.85. The monoisotopic (exact) mass is 339 g/mol. The Morgan fingerprint density at radius 1 is 1.30 bits per heavy atom. The zero-order valence-corrected chi connectivity index (χ0v) is 13.6. The van der Waals surface area contributed by atoms with Gasteiger partial charge in [0, 0.05) is 11.5 Å². The summed E-state index contributed by atoms with van der Waals surface area (Å²) in [5.74, 6) is -0.120. The molecule has 0 aliphatic rings. The molecule has 1 aromatic rings. The van der Waals surface area contributed by atoms with E-state index >= 15 is 0 Å². The van der Waals surface area contributed by atoms with Gasteiger partial charge in [-0.1, -0.05) is 40.2 Å². The predicted molar refractivity (Wildman–Crippen MR) is 82.7 cm³/mol. The molecule has 1 rings (SSSR count). The number of benzene rings is 1. The van der Waals surface area contributed by atoms with E-state index in [-0.39, 0.29) is 11.7 Å². The molecule has 4 nitrogen and oxygen atoms in total. The van der Waals surface area contributed by atoms with Crippen LogP contribution in [0.4, 0.5) is 0 Å². The largest absolute Gasteiger partial charge is 0.491 e. The Hall–Kier alpha value is -1.59. The normalized spacial score (nSPS) is 12.2. The van der Waals surface area contributed by atoms with Gasteiger partial charge in [0.15, 0.2) is 5.76 Å². The zero-order valence-electron chi connectivity index (χ0n) is 12.0. The molecule has 0 fully saturated rings. The highest BCUT2D eigenvalue weighted by molar-refractivity contribution is 9.10. The lowest BCUT2D eigenvalue weighted by Gasteiger charge is -2.15. The number of halogens is 1. The van der Waals surface area contributed by atoms with Gasteiger partial charge >= 0.3 is 5.91 Å². The Labute approximate surface area is 127 Å². The number of amides is 1. The summed E-state index contributed by atoms with van der Waals surface area (Å²) in [5.41, 5.74) is 1.93. The van der Waals surface area contributed by atoms with E-state index in [1.54, 1.807) is 6.08 Å². The number of hydrogen-bond acceptors (Lipinski definition) is 3. The standard InChI is InChI=1S/C15H18BrNO3/c1-11(9-12-7-5-6-8-13(12)16)10-14(19-3)15(18)17(2)20-4/h5-10H,1-4H3/b11-9+,14-10-. The van der Waals surface area contributed by atoms with Gasteiger partial charge in [0.25, 0.3) is 0 Å². The molecule has 0 heterocycles. The molecule has 0 N–H and O–H groups in total. The van der Waals surface area contributed by atoms with Gasteiger partial charge in [0.2, 0.25) is 0 Å². The minimum Gasteiger partial charge on any atom is -0.491 e. The molecule has 0 bridgehead atoms. The van der Waals surface area contributed by atoms with E-state index in [4.69, 9.17) is 9.57 Å². The van der Waals surface area contributed by atoms with E-state index < -0.39 is 0 Å². The van der Waals surface area contributed by atoms with Gasteiger partial charge < -0.3 is 4.74 Å². The van der Waals surface area contributed by atoms with Crippen LogP contribution in [0.3, 0.4) is 0 Å². The van der Waals surface area contributed by atoms with Crippen molar-refractivity contribution >= 4 is 27.9 Å². The third kappa shape index (κ3) is 4.51. The van der Waals surface area contributed by atoms with Crippen LogP contribution in [-0.4, -0.2) is 32.2 Å². The van der Waals surface area contributed by atoms with Crippen molar-refractivity contribution in [2.45, 2.75) is 6.92 Å². The van der Waals surface area contributed by atoms with Crippen LogP contribution in [0.25, 0.3) is 6.08 Å². The molecule has 5 heteroatoms. The van der Waals surface area contributed by atoms with Crippen molar-refractivity contribution in [1.29, 1.82) is 0 Å². The number of likely N-dealkylation sites (N-methyl/N-ethyl adjacent to an activating group) is 1. The Morgan fingerprint density at radius 2 is 1.95 bits per heavy atom. The quantitative estimate of drug-likeness (QED) is 0.357. The number of nitrogens with zero attached hydrogens (tertiary/aromatic N) is 1. The smallest absolute Gasteiger partial charge is 0.312 e. The second-order valence-corrected chi connectivity index (χ2v) is 4.96. The molecule has 20 heavy (non-hydrogen) atoms. The van der Waals surface area contributed by atoms with Gasteiger partial charge in [-0.25, -0.2) is 5.06 Å². The summed E-state index contributed by atoms with van der Waals surface area (Å²) >= 11 is 3.48. The minimum atomic E-state index is -0.338. The molecule has 1 aromatic carbocycles. The summed E-state index contributed by atoms with van der Waals surface area (Å²) in [5, 5.41) is 1.11. The van der Waals surface area contributed by atoms with Crippen LogP contribution < -0.4 is 0 Å². The van der Waals surface area contributed by atoms with Crippen LogP contribution in [0, 0.1) is 0 Å². The first-order valence-electron chi connectivity index (χ1n) is 6.00. The van der Waals surface area contributed by atoms with Crippen LogP contribution in [0.15, 0.2) is 46.1 Å². The second-order valence-electron chi connectivity index (χ2n) is 4.11. The summed E-state index contributed by atoms with van der Waals surface area (Å²) in [7, 11) is 4.41. The summed E-state index contributed by atoms with van der Waals surface area (Å²) in [6.45, 7) is 1.90. The first kappa shape index (κ1) is 16.5. The molecular weight excluding hydrogens is 322 g/mol. The van der Waals surface area contributed by atoms with Crippen LogP contribution in [0.2, 0.25) is 0 Å². The van der Waals surface area contributed by atoms with E-state index in [0.717, 1.165) is 20.7 Å². The maximum Gasteiger partial charge on any atom is 0.312 e. The fourth-order valence-electron chi connectivity index (χ4n) is 1.53. The van der Waals surface area contributed by atoms with E-state index in [9.17, 15) is 4.79 Å². The molecule has 0 spiro atoms. The predicted octanol–water partition coefficient (Wildman–Crippen LogP) is 3.40. The fourth-order valence-corrected chi connectivity index (χ4v) is 1.93. The number of hydrogen-bond donors (Lipinski definition) is 0. The third-order valence-electron chi connectivity index (χ3n) is 2.64. The molecule has 0 atom stereocenters. The Bertz CT molecular complexity index is 538. The van der Waals surface area contributed by atoms with Crippen LogP contribution in [-0.2, 0) is 14.4 Å². The van der Waals surface area contributed by atoms with Crippen LogP contribution in [0.5, 0.6) is 0 Å². The van der Waals surface area contributed by atoms with E-state index in [2.05, 4.69) is 15.9 Å². The Morgan fingerprint density at radius 3 is 2.50 bits per heavy atom. The molecule has 0 saturated carbocycles. The average Bonchev–Trinajstić information content (AvgIpc) is 2.45. The lowest BCUT2D eigenvalue weighted by molar-refractivity contribution is -0.167. The van der Waals surface area contributed by atoms with Crippen molar-refractivity contribution < 1.29 is 14.4 Å². The number of ether oxygens (including phenoxy) is 1. The van der Waals surface area contributed by atoms with Gasteiger partial charge in [-0.3, -0.25) is 9.63 Å². The first-order valence-corrected chi connectivity index (χ1v) is 6.79. The van der Waals surface area contributed by atoms with Crippen LogP contribution in [0.1, 0.15) is 12.5 Å². The number of allylic oxidation sites excluding steroid dienone is 2. The van der Waals surface area contributed by atoms with Crippen molar-refractivity contribution in [3.63, 3.8) is 0 Å². The number of hydroxylamine groups is 2. The molecule has 0 aromatic heterocycles. The van der Waals surface area contributed by atoms with Gasteiger partial charge in [-0.05, 0) is 30.2 Å². The van der Waals surface area contributed by atoms with Crippen molar-refractivity contribution in [1.82, 2.24) is 5.06 Å². The Kier molecular flexibility index (Phi) is 6.48. The number of carbonyl (C=O) groups is 1. The molecule has 0 aliphatic heterocycles. The second kappa shape index (κ2) is 7.87. The molecule has 0 aliphatic carbocycles. The lowest BCUT2D eigenvalue weighted by atomic mass is 10.1. The molecule has 0 radical (unpaired) electrons. The number of methoxy groups -OCH3 is 1. The van der Waals surface area contributed by atoms with Crippen molar-refractivity contribution in [3.8, 4) is 0 Å². The van der Waals surface area contributed by atoms with Crippen molar-refractivity contribution in [3.05, 3.63) is 51.7 Å². The van der Waals surface area contributed by atoms with Gasteiger partial charge in [0.05, 0.1) is 14.2 Å². The van der Waals surface area contributed by atoms with E-state index in [1.807, 2.05) is 37.3 Å². The highest BCUT2D eigenvalue weighted by Crippen LogP contribution is 2.19. The maximum atomic E-state index is 11.9. The fraction of sp³-hybridized carbons (Fsp3) is 0.267. The molecule has 108 valence electrons. The minimum absolute atomic E-state index is 0.218. The summed E-state index contributed by atoms with van der Waals surface area (Å²) < 4.78 is 6.10. The molecule has 0 saturated heterocycles. The first-order chi connectivity index (χ1) is 9.49. The van der Waals surface area contributed by atoms with Crippen LogP contribution >= 0.6 is 15.9 Å². The topological polar surface area (TPSA) is 38.8 Å². The van der Waals surface area contributed by atoms with Crippen molar-refractivity contribution in [2.24, 2.45) is 0 Å². The van der Waals surface area contributed by atoms with Gasteiger partial charge in [-0.15, -0.1) is 0 Å². The SMILES string of the molecule is CO/C(=C\C(C)=C\c1ccccc1Br)C(=O)N(C)OC. The average molecular weight is 340 g/mol.